The lowest BCUT2D eigenvalue weighted by Crippen LogP contribution is -2.24. The van der Waals surface area contributed by atoms with Gasteiger partial charge in [-0.15, -0.1) is 0 Å². The molecule has 2 aromatic rings. The van der Waals surface area contributed by atoms with Gasteiger partial charge in [0.15, 0.2) is 0 Å². The second kappa shape index (κ2) is 5.57. The summed E-state index contributed by atoms with van der Waals surface area (Å²) in [5, 5.41) is 1.22. The zero-order chi connectivity index (χ0) is 14.3. The second-order valence-electron chi connectivity index (χ2n) is 4.80. The highest BCUT2D eigenvalue weighted by Crippen LogP contribution is 2.42. The van der Waals surface area contributed by atoms with Crippen molar-refractivity contribution in [2.24, 2.45) is 5.73 Å². The van der Waals surface area contributed by atoms with Crippen molar-refractivity contribution in [2.75, 3.05) is 0 Å². The van der Waals surface area contributed by atoms with Crippen LogP contribution in [-0.2, 0) is 0 Å². The fourth-order valence-electron chi connectivity index (χ4n) is 2.43. The van der Waals surface area contributed by atoms with Crippen LogP contribution in [0.25, 0.3) is 0 Å². The highest BCUT2D eigenvalue weighted by Gasteiger charge is 2.28. The average molecular weight is 373 g/mol. The van der Waals surface area contributed by atoms with Crippen molar-refractivity contribution < 1.29 is 4.74 Å². The number of fused-ring (bicyclic) bond motifs is 1. The first-order chi connectivity index (χ1) is 9.54. The van der Waals surface area contributed by atoms with Crippen LogP contribution in [0.4, 0.5) is 0 Å². The van der Waals surface area contributed by atoms with E-state index in [9.17, 15) is 0 Å². The average Bonchev–Trinajstić information content (AvgIpc) is 2.39. The van der Waals surface area contributed by atoms with Gasteiger partial charge in [-0.25, -0.2) is 0 Å². The van der Waals surface area contributed by atoms with Gasteiger partial charge in [-0.2, -0.15) is 0 Å². The molecule has 0 aliphatic carbocycles. The van der Waals surface area contributed by atoms with Crippen LogP contribution in [0.3, 0.4) is 0 Å². The molecular formula is C15H12BrCl2NO. The predicted octanol–water partition coefficient (Wildman–Crippen LogP) is 5.28. The van der Waals surface area contributed by atoms with Crippen molar-refractivity contribution in [1.29, 1.82) is 0 Å². The van der Waals surface area contributed by atoms with E-state index in [0.717, 1.165) is 21.3 Å². The van der Waals surface area contributed by atoms with Crippen molar-refractivity contribution >= 4 is 39.1 Å². The smallest absolute Gasteiger partial charge is 0.127 e. The Kier molecular flexibility index (Phi) is 3.95. The first kappa shape index (κ1) is 14.2. The van der Waals surface area contributed by atoms with E-state index in [4.69, 9.17) is 33.7 Å². The summed E-state index contributed by atoms with van der Waals surface area (Å²) in [6.07, 6.45) is 0.536. The maximum Gasteiger partial charge on any atom is 0.127 e. The Bertz CT molecular complexity index is 662. The molecule has 1 aliphatic rings. The van der Waals surface area contributed by atoms with Crippen LogP contribution in [0.1, 0.15) is 29.7 Å². The molecular weight excluding hydrogens is 361 g/mol. The zero-order valence-corrected chi connectivity index (χ0v) is 13.5. The second-order valence-corrected chi connectivity index (χ2v) is 6.56. The van der Waals surface area contributed by atoms with E-state index in [1.54, 1.807) is 6.07 Å². The van der Waals surface area contributed by atoms with Crippen LogP contribution in [0.15, 0.2) is 40.9 Å². The zero-order valence-electron chi connectivity index (χ0n) is 10.4. The molecule has 5 heteroatoms. The van der Waals surface area contributed by atoms with Crippen molar-refractivity contribution in [1.82, 2.24) is 0 Å². The minimum absolute atomic E-state index is 0.0759. The lowest BCUT2D eigenvalue weighted by Gasteiger charge is -2.31. The Morgan fingerprint density at radius 2 is 1.90 bits per heavy atom. The fraction of sp³-hybridized carbons (Fsp3) is 0.200. The molecule has 1 heterocycles. The molecule has 104 valence electrons. The fourth-order valence-corrected chi connectivity index (χ4v) is 3.34. The summed E-state index contributed by atoms with van der Waals surface area (Å²) < 4.78 is 7.03. The molecule has 1 aliphatic heterocycles. The molecule has 2 N–H and O–H groups in total. The highest BCUT2D eigenvalue weighted by atomic mass is 79.9. The quantitative estimate of drug-likeness (QED) is 0.738. The summed E-state index contributed by atoms with van der Waals surface area (Å²) >= 11 is 15.6. The third kappa shape index (κ3) is 2.68. The number of ether oxygens (including phenoxy) is 1. The van der Waals surface area contributed by atoms with E-state index in [1.807, 2.05) is 30.3 Å². The van der Waals surface area contributed by atoms with E-state index < -0.39 is 0 Å². The number of rotatable bonds is 1. The van der Waals surface area contributed by atoms with Gasteiger partial charge in [0.05, 0.1) is 0 Å². The van der Waals surface area contributed by atoms with Gasteiger partial charge in [0.25, 0.3) is 0 Å². The summed E-state index contributed by atoms with van der Waals surface area (Å²) in [7, 11) is 0. The van der Waals surface area contributed by atoms with E-state index in [-0.39, 0.29) is 12.1 Å². The molecule has 2 aromatic carbocycles. The Morgan fingerprint density at radius 1 is 1.10 bits per heavy atom. The van der Waals surface area contributed by atoms with Crippen molar-refractivity contribution in [2.45, 2.75) is 18.6 Å². The summed E-state index contributed by atoms with van der Waals surface area (Å²) in [6.45, 7) is 0. The normalized spacial score (nSPS) is 21.2. The topological polar surface area (TPSA) is 35.2 Å². The summed E-state index contributed by atoms with van der Waals surface area (Å²) in [5.41, 5.74) is 8.18. The molecule has 0 fully saturated rings. The third-order valence-corrected chi connectivity index (χ3v) is 4.47. The number of hydrogen-bond acceptors (Lipinski definition) is 2. The summed E-state index contributed by atoms with van der Waals surface area (Å²) in [5.74, 6) is 0.808. The summed E-state index contributed by atoms with van der Waals surface area (Å²) in [6, 6.07) is 11.2. The Morgan fingerprint density at radius 3 is 2.65 bits per heavy atom. The van der Waals surface area contributed by atoms with Crippen LogP contribution in [0.5, 0.6) is 5.75 Å². The highest BCUT2D eigenvalue weighted by molar-refractivity contribution is 9.10. The number of nitrogens with two attached hydrogens (primary N) is 1. The summed E-state index contributed by atoms with van der Waals surface area (Å²) in [4.78, 5) is 0. The molecule has 1 unspecified atom stereocenters. The molecule has 3 rings (SSSR count). The molecule has 0 saturated carbocycles. The minimum atomic E-state index is -0.150. The van der Waals surface area contributed by atoms with Crippen LogP contribution in [0.2, 0.25) is 10.0 Å². The maximum absolute atomic E-state index is 6.25. The minimum Gasteiger partial charge on any atom is -0.485 e. The maximum atomic E-state index is 6.25. The largest absolute Gasteiger partial charge is 0.485 e. The lowest BCUT2D eigenvalue weighted by molar-refractivity contribution is 0.161. The first-order valence-corrected chi connectivity index (χ1v) is 7.76. The SMILES string of the molecule is N[C@@H]1CC(c2ccc(Cl)cc2Cl)Oc2ccc(Br)cc21. The van der Waals surface area contributed by atoms with E-state index >= 15 is 0 Å². The molecule has 0 amide bonds. The number of halogens is 3. The van der Waals surface area contributed by atoms with Gasteiger partial charge in [-0.05, 0) is 30.3 Å². The van der Waals surface area contributed by atoms with E-state index in [1.165, 1.54) is 0 Å². The standard InChI is InChI=1S/C15H12BrCl2NO/c16-8-1-4-14-11(5-8)13(19)7-15(20-14)10-3-2-9(17)6-12(10)18/h1-6,13,15H,7,19H2/t13-,15?/m1/s1. The van der Waals surface area contributed by atoms with Gasteiger partial charge >= 0.3 is 0 Å². The lowest BCUT2D eigenvalue weighted by atomic mass is 9.93. The molecule has 0 radical (unpaired) electrons. The van der Waals surface area contributed by atoms with E-state index in [2.05, 4.69) is 15.9 Å². The van der Waals surface area contributed by atoms with Gasteiger partial charge in [0.1, 0.15) is 11.9 Å². The van der Waals surface area contributed by atoms with Gasteiger partial charge in [-0.3, -0.25) is 0 Å². The van der Waals surface area contributed by atoms with Gasteiger partial charge in [-0.1, -0.05) is 45.2 Å². The third-order valence-electron chi connectivity index (χ3n) is 3.42. The van der Waals surface area contributed by atoms with Gasteiger partial charge < -0.3 is 10.5 Å². The number of hydrogen-bond donors (Lipinski definition) is 1. The van der Waals surface area contributed by atoms with Crippen LogP contribution in [-0.4, -0.2) is 0 Å². The van der Waals surface area contributed by atoms with Crippen molar-refractivity contribution in [3.05, 3.63) is 62.0 Å². The predicted molar refractivity (Wildman–Crippen MR) is 85.5 cm³/mol. The molecule has 2 nitrogen and oxygen atoms in total. The Labute approximate surface area is 136 Å². The van der Waals surface area contributed by atoms with Gasteiger partial charge in [0.2, 0.25) is 0 Å². The Balaban J connectivity index is 1.97. The van der Waals surface area contributed by atoms with Gasteiger partial charge in [0, 0.05) is 38.1 Å². The van der Waals surface area contributed by atoms with Crippen LogP contribution < -0.4 is 10.5 Å². The molecule has 0 aromatic heterocycles. The first-order valence-electron chi connectivity index (χ1n) is 6.21. The molecule has 2 atom stereocenters. The Hall–Kier alpha value is -0.740. The molecule has 0 saturated heterocycles. The van der Waals surface area contributed by atoms with Crippen molar-refractivity contribution in [3.63, 3.8) is 0 Å². The van der Waals surface area contributed by atoms with Crippen molar-refractivity contribution in [3.8, 4) is 5.75 Å². The monoisotopic (exact) mass is 371 g/mol. The van der Waals surface area contributed by atoms with Crippen LogP contribution in [0, 0.1) is 0 Å². The number of benzene rings is 2. The van der Waals surface area contributed by atoms with Crippen LogP contribution >= 0.6 is 39.1 Å². The molecule has 0 spiro atoms. The molecule has 0 bridgehead atoms. The van der Waals surface area contributed by atoms with E-state index in [0.29, 0.717) is 16.5 Å². The molecule has 20 heavy (non-hydrogen) atoms.